The molecule has 1 fully saturated rings. The Hall–Kier alpha value is -2.80. The predicted molar refractivity (Wildman–Crippen MR) is 86.1 cm³/mol. The summed E-state index contributed by atoms with van der Waals surface area (Å²) in [6.45, 7) is 0.988. The molecule has 0 aromatic carbocycles. The normalized spacial score (nSPS) is 17.5. The Morgan fingerprint density at radius 1 is 1.22 bits per heavy atom. The monoisotopic (exact) mass is 308 g/mol. The molecule has 7 nitrogen and oxygen atoms in total. The molecule has 7 heteroatoms. The molecule has 0 spiro atoms. The van der Waals surface area contributed by atoms with Crippen molar-refractivity contribution in [1.82, 2.24) is 25.3 Å². The van der Waals surface area contributed by atoms with Crippen LogP contribution in [0.15, 0.2) is 36.9 Å². The van der Waals surface area contributed by atoms with Gasteiger partial charge in [0, 0.05) is 30.2 Å². The highest BCUT2D eigenvalue weighted by Gasteiger charge is 2.19. The predicted octanol–water partition coefficient (Wildman–Crippen LogP) is 2.03. The van der Waals surface area contributed by atoms with Crippen LogP contribution in [-0.4, -0.2) is 32.4 Å². The number of fused-ring (bicyclic) bond motifs is 1. The quantitative estimate of drug-likeness (QED) is 0.688. The first kappa shape index (κ1) is 13.8. The van der Waals surface area contributed by atoms with Crippen LogP contribution in [-0.2, 0) is 0 Å². The van der Waals surface area contributed by atoms with E-state index in [1.807, 2.05) is 18.3 Å². The molecule has 1 aliphatic heterocycles. The van der Waals surface area contributed by atoms with E-state index in [4.69, 9.17) is 0 Å². The van der Waals surface area contributed by atoms with Gasteiger partial charge in [0.15, 0.2) is 5.82 Å². The molecule has 1 amide bonds. The molecule has 1 unspecified atom stereocenters. The second kappa shape index (κ2) is 5.77. The lowest BCUT2D eigenvalue weighted by Crippen LogP contribution is -2.18. The van der Waals surface area contributed by atoms with Crippen molar-refractivity contribution in [2.24, 2.45) is 0 Å². The highest BCUT2D eigenvalue weighted by atomic mass is 16.1. The third-order valence-electron chi connectivity index (χ3n) is 4.01. The van der Waals surface area contributed by atoms with Gasteiger partial charge in [-0.2, -0.15) is 0 Å². The number of anilines is 1. The number of nitrogens with zero attached hydrogens (tertiary/aromatic N) is 3. The van der Waals surface area contributed by atoms with Gasteiger partial charge in [0.25, 0.3) is 5.91 Å². The molecule has 4 rings (SSSR count). The molecule has 0 radical (unpaired) electrons. The van der Waals surface area contributed by atoms with Crippen LogP contribution in [0.25, 0.3) is 10.9 Å². The summed E-state index contributed by atoms with van der Waals surface area (Å²) < 4.78 is 0. The number of rotatable bonds is 3. The van der Waals surface area contributed by atoms with Crippen LogP contribution < -0.4 is 10.6 Å². The van der Waals surface area contributed by atoms with E-state index in [9.17, 15) is 4.79 Å². The first-order valence-electron chi connectivity index (χ1n) is 7.60. The fraction of sp³-hybridized carbons (Fsp3) is 0.250. The third kappa shape index (κ3) is 2.66. The molecular formula is C16H16N6O. The van der Waals surface area contributed by atoms with Gasteiger partial charge in [0.2, 0.25) is 0 Å². The number of carbonyl (C=O) groups excluding carboxylic acids is 1. The Kier molecular flexibility index (Phi) is 3.47. The van der Waals surface area contributed by atoms with E-state index in [2.05, 4.69) is 30.6 Å². The van der Waals surface area contributed by atoms with Gasteiger partial charge in [-0.25, -0.2) is 15.0 Å². The van der Waals surface area contributed by atoms with Crippen LogP contribution in [0, 0.1) is 0 Å². The minimum absolute atomic E-state index is 0.196. The minimum atomic E-state index is -0.273. The number of carbonyl (C=O) groups is 1. The number of H-pyrrole nitrogens is 1. The molecule has 4 heterocycles. The second-order valence-electron chi connectivity index (χ2n) is 5.53. The highest BCUT2D eigenvalue weighted by Crippen LogP contribution is 2.21. The van der Waals surface area contributed by atoms with Gasteiger partial charge in [-0.1, -0.05) is 0 Å². The smallest absolute Gasteiger partial charge is 0.260 e. The van der Waals surface area contributed by atoms with Crippen molar-refractivity contribution < 1.29 is 4.79 Å². The summed E-state index contributed by atoms with van der Waals surface area (Å²) in [6.07, 6.45) is 8.76. The fourth-order valence-corrected chi connectivity index (χ4v) is 2.80. The summed E-state index contributed by atoms with van der Waals surface area (Å²) in [6, 6.07) is 4.01. The largest absolute Gasteiger partial charge is 0.358 e. The summed E-state index contributed by atoms with van der Waals surface area (Å²) in [5.74, 6) is 0.966. The first-order chi connectivity index (χ1) is 11.3. The van der Waals surface area contributed by atoms with Crippen LogP contribution in [0.2, 0.25) is 0 Å². The maximum absolute atomic E-state index is 12.4. The number of hydrogen-bond acceptors (Lipinski definition) is 5. The Morgan fingerprint density at radius 3 is 2.87 bits per heavy atom. The Bertz CT molecular complexity index is 835. The van der Waals surface area contributed by atoms with E-state index in [1.165, 1.54) is 0 Å². The molecule has 3 aromatic heterocycles. The van der Waals surface area contributed by atoms with E-state index < -0.39 is 0 Å². The standard InChI is InChI=1S/C16H16N6O/c23-16(22-15-13-10(3-6-18-13)4-7-19-15)11-8-20-14(21-9-11)12-2-1-5-17-12/h3-4,6-9,12,17-18H,1-2,5H2,(H,19,22,23). The Labute approximate surface area is 132 Å². The van der Waals surface area contributed by atoms with Crippen molar-refractivity contribution in [3.8, 4) is 0 Å². The molecule has 116 valence electrons. The molecule has 23 heavy (non-hydrogen) atoms. The number of nitrogens with one attached hydrogen (secondary N) is 3. The molecule has 3 aromatic rings. The van der Waals surface area contributed by atoms with Crippen molar-refractivity contribution >= 4 is 22.6 Å². The molecular weight excluding hydrogens is 292 g/mol. The Balaban J connectivity index is 1.53. The number of aromatic nitrogens is 4. The fourth-order valence-electron chi connectivity index (χ4n) is 2.80. The lowest BCUT2D eigenvalue weighted by atomic mass is 10.2. The number of pyridine rings is 1. The van der Waals surface area contributed by atoms with E-state index in [0.717, 1.165) is 36.1 Å². The van der Waals surface area contributed by atoms with Crippen molar-refractivity contribution in [1.29, 1.82) is 0 Å². The molecule has 1 saturated heterocycles. The van der Waals surface area contributed by atoms with Crippen molar-refractivity contribution in [3.63, 3.8) is 0 Å². The van der Waals surface area contributed by atoms with Gasteiger partial charge in [-0.3, -0.25) is 4.79 Å². The average molecular weight is 308 g/mol. The molecule has 0 saturated carbocycles. The molecule has 3 N–H and O–H groups in total. The van der Waals surface area contributed by atoms with Crippen LogP contribution >= 0.6 is 0 Å². The Morgan fingerprint density at radius 2 is 2.09 bits per heavy atom. The van der Waals surface area contributed by atoms with E-state index in [0.29, 0.717) is 11.4 Å². The summed E-state index contributed by atoms with van der Waals surface area (Å²) in [4.78, 5) is 28.3. The van der Waals surface area contributed by atoms with Gasteiger partial charge in [0.05, 0.1) is 17.1 Å². The third-order valence-corrected chi connectivity index (χ3v) is 4.01. The zero-order valence-corrected chi connectivity index (χ0v) is 12.4. The van der Waals surface area contributed by atoms with Gasteiger partial charge in [-0.05, 0) is 31.5 Å². The zero-order valence-electron chi connectivity index (χ0n) is 12.4. The van der Waals surface area contributed by atoms with E-state index in [1.54, 1.807) is 18.6 Å². The average Bonchev–Trinajstić information content (AvgIpc) is 3.27. The van der Waals surface area contributed by atoms with Crippen molar-refractivity contribution in [2.75, 3.05) is 11.9 Å². The van der Waals surface area contributed by atoms with E-state index >= 15 is 0 Å². The van der Waals surface area contributed by atoms with Gasteiger partial charge < -0.3 is 15.6 Å². The van der Waals surface area contributed by atoms with Crippen LogP contribution in [0.3, 0.4) is 0 Å². The number of amides is 1. The van der Waals surface area contributed by atoms with Crippen molar-refractivity contribution in [3.05, 3.63) is 48.3 Å². The van der Waals surface area contributed by atoms with Crippen LogP contribution in [0.1, 0.15) is 35.1 Å². The SMILES string of the molecule is O=C(Nc1nccc2cc[nH]c12)c1cnc(C2CCCN2)nc1. The lowest BCUT2D eigenvalue weighted by Gasteiger charge is -2.09. The van der Waals surface area contributed by atoms with Crippen molar-refractivity contribution in [2.45, 2.75) is 18.9 Å². The highest BCUT2D eigenvalue weighted by molar-refractivity contribution is 6.07. The van der Waals surface area contributed by atoms with Crippen LogP contribution in [0.4, 0.5) is 5.82 Å². The van der Waals surface area contributed by atoms with Gasteiger partial charge in [0.1, 0.15) is 5.82 Å². The number of aromatic amines is 1. The van der Waals surface area contributed by atoms with Gasteiger partial charge in [-0.15, -0.1) is 0 Å². The number of hydrogen-bond donors (Lipinski definition) is 3. The van der Waals surface area contributed by atoms with Crippen LogP contribution in [0.5, 0.6) is 0 Å². The summed E-state index contributed by atoms with van der Waals surface area (Å²) in [5, 5.41) is 7.13. The molecule has 1 atom stereocenters. The summed E-state index contributed by atoms with van der Waals surface area (Å²) in [7, 11) is 0. The minimum Gasteiger partial charge on any atom is -0.358 e. The second-order valence-corrected chi connectivity index (χ2v) is 5.53. The molecule has 1 aliphatic rings. The maximum atomic E-state index is 12.4. The zero-order chi connectivity index (χ0) is 15.6. The topological polar surface area (TPSA) is 95.6 Å². The van der Waals surface area contributed by atoms with Gasteiger partial charge >= 0.3 is 0 Å². The molecule has 0 aliphatic carbocycles. The summed E-state index contributed by atoms with van der Waals surface area (Å²) in [5.41, 5.74) is 1.21. The first-order valence-corrected chi connectivity index (χ1v) is 7.60. The summed E-state index contributed by atoms with van der Waals surface area (Å²) >= 11 is 0. The lowest BCUT2D eigenvalue weighted by molar-refractivity contribution is 0.102. The van der Waals surface area contributed by atoms with E-state index in [-0.39, 0.29) is 11.9 Å². The maximum Gasteiger partial charge on any atom is 0.260 e. The molecule has 0 bridgehead atoms.